The van der Waals surface area contributed by atoms with E-state index in [4.69, 9.17) is 5.73 Å². The summed E-state index contributed by atoms with van der Waals surface area (Å²) in [7, 11) is -3.53. The third-order valence-corrected chi connectivity index (χ3v) is 5.13. The van der Waals surface area contributed by atoms with Crippen LogP contribution in [0.3, 0.4) is 0 Å². The van der Waals surface area contributed by atoms with Crippen LogP contribution in [0.1, 0.15) is 31.9 Å². The van der Waals surface area contributed by atoms with Crippen molar-refractivity contribution in [3.8, 4) is 0 Å². The number of anilines is 1. The standard InChI is InChI=1S/C14H24N2O2S/c1-9(2)12(5)8-16-19(17,18)14-7-11(4)10(3)6-13(14)15/h6-7,9,12,16H,8,15H2,1-5H3. The third-order valence-electron chi connectivity index (χ3n) is 3.65. The molecule has 0 spiro atoms. The Morgan fingerprint density at radius 2 is 1.68 bits per heavy atom. The van der Waals surface area contributed by atoms with Gasteiger partial charge in [-0.25, -0.2) is 13.1 Å². The molecule has 1 unspecified atom stereocenters. The number of rotatable bonds is 5. The Labute approximate surface area is 116 Å². The van der Waals surface area contributed by atoms with E-state index >= 15 is 0 Å². The Hall–Kier alpha value is -1.07. The van der Waals surface area contributed by atoms with Crippen LogP contribution in [0.4, 0.5) is 5.69 Å². The number of nitrogens with one attached hydrogen (secondary N) is 1. The highest BCUT2D eigenvalue weighted by molar-refractivity contribution is 7.89. The highest BCUT2D eigenvalue weighted by atomic mass is 32.2. The topological polar surface area (TPSA) is 72.2 Å². The molecule has 0 fully saturated rings. The molecule has 1 aromatic carbocycles. The van der Waals surface area contributed by atoms with Gasteiger partial charge >= 0.3 is 0 Å². The predicted octanol–water partition coefficient (Wildman–Crippen LogP) is 2.46. The van der Waals surface area contributed by atoms with Gasteiger partial charge in [-0.1, -0.05) is 20.8 Å². The van der Waals surface area contributed by atoms with Crippen molar-refractivity contribution in [1.82, 2.24) is 4.72 Å². The van der Waals surface area contributed by atoms with E-state index in [2.05, 4.69) is 18.6 Å². The van der Waals surface area contributed by atoms with Gasteiger partial charge in [0.05, 0.1) is 5.69 Å². The minimum absolute atomic E-state index is 0.173. The zero-order valence-corrected chi connectivity index (χ0v) is 13.1. The summed E-state index contributed by atoms with van der Waals surface area (Å²) in [6, 6.07) is 3.34. The van der Waals surface area contributed by atoms with Crippen molar-refractivity contribution < 1.29 is 8.42 Å². The monoisotopic (exact) mass is 284 g/mol. The normalized spacial score (nSPS) is 13.8. The fourth-order valence-corrected chi connectivity index (χ4v) is 2.94. The van der Waals surface area contributed by atoms with Crippen molar-refractivity contribution >= 4 is 15.7 Å². The Balaban J connectivity index is 2.98. The van der Waals surface area contributed by atoms with Gasteiger partial charge in [0.2, 0.25) is 10.0 Å². The average Bonchev–Trinajstić information content (AvgIpc) is 2.30. The molecule has 0 aromatic heterocycles. The molecule has 0 saturated carbocycles. The molecule has 0 amide bonds. The molecule has 108 valence electrons. The van der Waals surface area contributed by atoms with Crippen molar-refractivity contribution in [2.24, 2.45) is 11.8 Å². The molecule has 0 bridgehead atoms. The molecule has 0 aliphatic carbocycles. The Bertz CT molecular complexity index is 551. The van der Waals surface area contributed by atoms with Crippen molar-refractivity contribution in [2.45, 2.75) is 39.5 Å². The van der Waals surface area contributed by atoms with Gasteiger partial charge in [0.25, 0.3) is 0 Å². The summed E-state index contributed by atoms with van der Waals surface area (Å²) in [5, 5.41) is 0. The summed E-state index contributed by atoms with van der Waals surface area (Å²) in [6.07, 6.45) is 0. The lowest BCUT2D eigenvalue weighted by molar-refractivity contribution is 0.414. The highest BCUT2D eigenvalue weighted by Crippen LogP contribution is 2.22. The number of nitrogen functional groups attached to an aromatic ring is 1. The Morgan fingerprint density at radius 1 is 1.16 bits per heavy atom. The molecule has 0 radical (unpaired) electrons. The van der Waals surface area contributed by atoms with E-state index in [1.165, 1.54) is 0 Å². The van der Waals surface area contributed by atoms with Crippen molar-refractivity contribution in [3.63, 3.8) is 0 Å². The van der Waals surface area contributed by atoms with Gasteiger partial charge in [-0.05, 0) is 48.9 Å². The smallest absolute Gasteiger partial charge is 0.242 e. The SMILES string of the molecule is Cc1cc(N)c(S(=O)(=O)NCC(C)C(C)C)cc1C. The van der Waals surface area contributed by atoms with Crippen LogP contribution in [0.2, 0.25) is 0 Å². The number of sulfonamides is 1. The molecule has 1 atom stereocenters. The number of hydrogen-bond donors (Lipinski definition) is 2. The number of hydrogen-bond acceptors (Lipinski definition) is 3. The summed E-state index contributed by atoms with van der Waals surface area (Å²) < 4.78 is 27.1. The molecule has 1 aromatic rings. The number of nitrogens with two attached hydrogens (primary N) is 1. The molecular weight excluding hydrogens is 260 g/mol. The van der Waals surface area contributed by atoms with Crippen LogP contribution < -0.4 is 10.5 Å². The van der Waals surface area contributed by atoms with Gasteiger partial charge in [0, 0.05) is 6.54 Å². The van der Waals surface area contributed by atoms with Crippen molar-refractivity contribution in [3.05, 3.63) is 23.3 Å². The molecule has 0 aliphatic heterocycles. The van der Waals surface area contributed by atoms with Gasteiger partial charge in [-0.15, -0.1) is 0 Å². The maximum atomic E-state index is 12.3. The lowest BCUT2D eigenvalue weighted by Crippen LogP contribution is -2.30. The molecular formula is C14H24N2O2S. The van der Waals surface area contributed by atoms with Crippen LogP contribution in [-0.4, -0.2) is 15.0 Å². The van der Waals surface area contributed by atoms with E-state index in [0.717, 1.165) is 11.1 Å². The second-order valence-electron chi connectivity index (χ2n) is 5.55. The van der Waals surface area contributed by atoms with Crippen molar-refractivity contribution in [2.75, 3.05) is 12.3 Å². The molecule has 1 rings (SSSR count). The Morgan fingerprint density at radius 3 is 2.21 bits per heavy atom. The number of aryl methyl sites for hydroxylation is 2. The third kappa shape index (κ3) is 3.94. The first-order valence-corrected chi connectivity index (χ1v) is 8.00. The van der Waals surface area contributed by atoms with Crippen LogP contribution in [-0.2, 0) is 10.0 Å². The summed E-state index contributed by atoms with van der Waals surface area (Å²) in [4.78, 5) is 0.173. The number of benzene rings is 1. The van der Waals surface area contributed by atoms with Gasteiger partial charge in [0.15, 0.2) is 0 Å². The molecule has 19 heavy (non-hydrogen) atoms. The van der Waals surface area contributed by atoms with Gasteiger partial charge < -0.3 is 5.73 Å². The van der Waals surface area contributed by atoms with Gasteiger partial charge in [-0.2, -0.15) is 0 Å². The minimum Gasteiger partial charge on any atom is -0.398 e. The maximum Gasteiger partial charge on any atom is 0.242 e. The van der Waals surface area contributed by atoms with Gasteiger partial charge in [0.1, 0.15) is 4.90 Å². The predicted molar refractivity (Wildman–Crippen MR) is 79.5 cm³/mol. The zero-order valence-electron chi connectivity index (χ0n) is 12.3. The first-order valence-electron chi connectivity index (χ1n) is 6.51. The quantitative estimate of drug-likeness (QED) is 0.816. The first kappa shape index (κ1) is 16.0. The maximum absolute atomic E-state index is 12.3. The van der Waals surface area contributed by atoms with E-state index in [0.29, 0.717) is 18.2 Å². The van der Waals surface area contributed by atoms with Crippen LogP contribution in [0.5, 0.6) is 0 Å². The molecule has 0 aliphatic rings. The lowest BCUT2D eigenvalue weighted by Gasteiger charge is -2.17. The summed E-state index contributed by atoms with van der Waals surface area (Å²) in [5.74, 6) is 0.711. The van der Waals surface area contributed by atoms with E-state index in [-0.39, 0.29) is 10.8 Å². The largest absolute Gasteiger partial charge is 0.398 e. The van der Waals surface area contributed by atoms with Crippen LogP contribution in [0.15, 0.2) is 17.0 Å². The summed E-state index contributed by atoms with van der Waals surface area (Å²) in [5.41, 5.74) is 8.04. The highest BCUT2D eigenvalue weighted by Gasteiger charge is 2.19. The average molecular weight is 284 g/mol. The van der Waals surface area contributed by atoms with Crippen LogP contribution >= 0.6 is 0 Å². The lowest BCUT2D eigenvalue weighted by atomic mass is 9.99. The molecule has 0 saturated heterocycles. The van der Waals surface area contributed by atoms with E-state index in [1.54, 1.807) is 12.1 Å². The zero-order chi connectivity index (χ0) is 14.8. The molecule has 3 N–H and O–H groups in total. The molecule has 5 heteroatoms. The summed E-state index contributed by atoms with van der Waals surface area (Å²) >= 11 is 0. The van der Waals surface area contributed by atoms with Crippen LogP contribution in [0.25, 0.3) is 0 Å². The summed E-state index contributed by atoms with van der Waals surface area (Å²) in [6.45, 7) is 10.4. The van der Waals surface area contributed by atoms with E-state index in [9.17, 15) is 8.42 Å². The van der Waals surface area contributed by atoms with Crippen molar-refractivity contribution in [1.29, 1.82) is 0 Å². The molecule has 0 heterocycles. The fourth-order valence-electron chi connectivity index (χ4n) is 1.60. The Kier molecular flexibility index (Phi) is 4.98. The minimum atomic E-state index is -3.53. The second kappa shape index (κ2) is 5.92. The van der Waals surface area contributed by atoms with Crippen LogP contribution in [0, 0.1) is 25.7 Å². The first-order chi connectivity index (χ1) is 8.65. The van der Waals surface area contributed by atoms with Gasteiger partial charge in [-0.3, -0.25) is 0 Å². The van der Waals surface area contributed by atoms with E-state index < -0.39 is 10.0 Å². The second-order valence-corrected chi connectivity index (χ2v) is 7.28. The molecule has 4 nitrogen and oxygen atoms in total. The fraction of sp³-hybridized carbons (Fsp3) is 0.571. The van der Waals surface area contributed by atoms with E-state index in [1.807, 2.05) is 20.8 Å².